The van der Waals surface area contributed by atoms with E-state index < -0.39 is 0 Å². The van der Waals surface area contributed by atoms with E-state index in [0.717, 1.165) is 25.9 Å². The summed E-state index contributed by atoms with van der Waals surface area (Å²) in [5.74, 6) is -0.0672. The summed E-state index contributed by atoms with van der Waals surface area (Å²) < 4.78 is 7.51. The van der Waals surface area contributed by atoms with Crippen LogP contribution in [0, 0.1) is 12.3 Å². The molecule has 2 atom stereocenters. The number of aromatic nitrogens is 3. The molecule has 2 saturated carbocycles. The smallest absolute Gasteiger partial charge is 0.257 e. The topological polar surface area (TPSA) is 68.5 Å². The molecule has 6 heteroatoms. The summed E-state index contributed by atoms with van der Waals surface area (Å²) in [4.78, 5) is 17.1. The molecule has 2 heterocycles. The van der Waals surface area contributed by atoms with Crippen molar-refractivity contribution in [2.24, 2.45) is 5.41 Å². The molecular weight excluding hydrogens is 292 g/mol. The van der Waals surface area contributed by atoms with Gasteiger partial charge in [-0.15, -0.1) is 0 Å². The first kappa shape index (κ1) is 14.6. The van der Waals surface area contributed by atoms with Gasteiger partial charge >= 0.3 is 0 Å². The molecule has 2 aromatic rings. The van der Waals surface area contributed by atoms with Gasteiger partial charge < -0.3 is 10.1 Å². The molecule has 23 heavy (non-hydrogen) atoms. The molecule has 0 aromatic carbocycles. The highest BCUT2D eigenvalue weighted by Crippen LogP contribution is 2.57. The average Bonchev–Trinajstić information content (AvgIpc) is 2.80. The number of nitrogens with one attached hydrogen (secondary N) is 1. The van der Waals surface area contributed by atoms with Crippen LogP contribution in [0.15, 0.2) is 18.5 Å². The summed E-state index contributed by atoms with van der Waals surface area (Å²) >= 11 is 0. The standard InChI is InChI=1S/C17H22N4O2/c1-3-23-13-10-12(17(13)6-4-7-17)19-16(22)14-11(2)20-21-9-5-8-18-15(14)21/h5,8-9,12-13H,3-4,6-7,10H2,1-2H3,(H,19,22)/t12-,13+/m1/s1. The summed E-state index contributed by atoms with van der Waals surface area (Å²) in [6.45, 7) is 4.63. The third-order valence-corrected chi connectivity index (χ3v) is 5.54. The number of amides is 1. The number of nitrogens with zero attached hydrogens (tertiary/aromatic N) is 3. The molecule has 0 bridgehead atoms. The zero-order valence-corrected chi connectivity index (χ0v) is 13.6. The van der Waals surface area contributed by atoms with Crippen LogP contribution >= 0.6 is 0 Å². The lowest BCUT2D eigenvalue weighted by Crippen LogP contribution is -2.67. The van der Waals surface area contributed by atoms with Gasteiger partial charge in [-0.05, 0) is 39.2 Å². The third kappa shape index (κ3) is 2.08. The summed E-state index contributed by atoms with van der Waals surface area (Å²) in [7, 11) is 0. The molecule has 0 aliphatic heterocycles. The molecule has 4 rings (SSSR count). The zero-order chi connectivity index (χ0) is 16.0. The second-order valence-electron chi connectivity index (χ2n) is 6.64. The summed E-state index contributed by atoms with van der Waals surface area (Å²) in [6.07, 6.45) is 8.24. The maximum absolute atomic E-state index is 12.8. The SMILES string of the molecule is CCO[C@H]1C[C@@H](NC(=O)c2c(C)nn3cccnc23)C12CCC2. The van der Waals surface area contributed by atoms with Crippen molar-refractivity contribution >= 4 is 11.6 Å². The van der Waals surface area contributed by atoms with Crippen LogP contribution in [-0.2, 0) is 4.74 Å². The monoisotopic (exact) mass is 314 g/mol. The molecule has 1 N–H and O–H groups in total. The van der Waals surface area contributed by atoms with Crippen LogP contribution < -0.4 is 5.32 Å². The van der Waals surface area contributed by atoms with Crippen LogP contribution in [0.25, 0.3) is 5.65 Å². The van der Waals surface area contributed by atoms with E-state index >= 15 is 0 Å². The van der Waals surface area contributed by atoms with Gasteiger partial charge in [0.25, 0.3) is 5.91 Å². The van der Waals surface area contributed by atoms with E-state index in [2.05, 4.69) is 15.4 Å². The summed E-state index contributed by atoms with van der Waals surface area (Å²) in [5.41, 5.74) is 2.07. The highest BCUT2D eigenvalue weighted by Gasteiger charge is 2.59. The summed E-state index contributed by atoms with van der Waals surface area (Å²) in [6, 6.07) is 2.02. The number of rotatable bonds is 4. The van der Waals surface area contributed by atoms with E-state index in [4.69, 9.17) is 4.74 Å². The van der Waals surface area contributed by atoms with Gasteiger partial charge in [0.1, 0.15) is 5.56 Å². The minimum Gasteiger partial charge on any atom is -0.378 e. The molecule has 1 spiro atoms. The maximum Gasteiger partial charge on any atom is 0.257 e. The Balaban J connectivity index is 1.55. The molecule has 6 nitrogen and oxygen atoms in total. The van der Waals surface area contributed by atoms with E-state index in [0.29, 0.717) is 23.0 Å². The lowest BCUT2D eigenvalue weighted by Gasteiger charge is -2.60. The largest absolute Gasteiger partial charge is 0.378 e. The van der Waals surface area contributed by atoms with E-state index in [1.54, 1.807) is 10.7 Å². The van der Waals surface area contributed by atoms with Crippen LogP contribution in [0.4, 0.5) is 0 Å². The predicted octanol–water partition coefficient (Wildman–Crippen LogP) is 2.12. The lowest BCUT2D eigenvalue weighted by atomic mass is 9.51. The van der Waals surface area contributed by atoms with Crippen LogP contribution in [0.2, 0.25) is 0 Å². The van der Waals surface area contributed by atoms with Gasteiger partial charge in [0, 0.05) is 30.5 Å². The van der Waals surface area contributed by atoms with E-state index in [9.17, 15) is 4.79 Å². The van der Waals surface area contributed by atoms with Crippen LogP contribution in [0.5, 0.6) is 0 Å². The van der Waals surface area contributed by atoms with Crippen LogP contribution in [0.1, 0.15) is 48.7 Å². The van der Waals surface area contributed by atoms with Crippen molar-refractivity contribution in [3.63, 3.8) is 0 Å². The van der Waals surface area contributed by atoms with Crippen LogP contribution in [0.3, 0.4) is 0 Å². The Bertz CT molecular complexity index is 750. The Morgan fingerprint density at radius 3 is 3.04 bits per heavy atom. The van der Waals surface area contributed by atoms with Gasteiger partial charge in [-0.25, -0.2) is 9.50 Å². The minimum atomic E-state index is -0.0672. The second-order valence-corrected chi connectivity index (χ2v) is 6.64. The van der Waals surface area contributed by atoms with Crippen molar-refractivity contribution in [1.82, 2.24) is 19.9 Å². The zero-order valence-electron chi connectivity index (χ0n) is 13.6. The number of aryl methyl sites for hydroxylation is 1. The van der Waals surface area contributed by atoms with Crippen LogP contribution in [-0.4, -0.2) is 39.3 Å². The molecule has 2 aliphatic rings. The average molecular weight is 314 g/mol. The molecule has 2 aromatic heterocycles. The molecular formula is C17H22N4O2. The Morgan fingerprint density at radius 2 is 2.35 bits per heavy atom. The number of carbonyl (C=O) groups excluding carboxylic acids is 1. The van der Waals surface area contributed by atoms with Gasteiger partial charge in [0.15, 0.2) is 5.65 Å². The van der Waals surface area contributed by atoms with Crippen molar-refractivity contribution in [3.05, 3.63) is 29.7 Å². The van der Waals surface area contributed by atoms with Gasteiger partial charge in [-0.2, -0.15) is 5.10 Å². The first-order valence-electron chi connectivity index (χ1n) is 8.38. The van der Waals surface area contributed by atoms with Gasteiger partial charge in [0.05, 0.1) is 11.8 Å². The van der Waals surface area contributed by atoms with Crippen molar-refractivity contribution in [2.45, 2.75) is 51.7 Å². The first-order valence-corrected chi connectivity index (χ1v) is 8.38. The molecule has 0 radical (unpaired) electrons. The highest BCUT2D eigenvalue weighted by atomic mass is 16.5. The highest BCUT2D eigenvalue weighted by molar-refractivity contribution is 6.01. The number of fused-ring (bicyclic) bond motifs is 1. The van der Waals surface area contributed by atoms with Gasteiger partial charge in [-0.1, -0.05) is 6.42 Å². The number of hydrogen-bond donors (Lipinski definition) is 1. The van der Waals surface area contributed by atoms with Gasteiger partial charge in [-0.3, -0.25) is 4.79 Å². The Kier molecular flexibility index (Phi) is 3.37. The third-order valence-electron chi connectivity index (χ3n) is 5.54. The molecule has 2 aliphatic carbocycles. The molecule has 1 amide bonds. The van der Waals surface area contributed by atoms with E-state index in [1.807, 2.05) is 26.1 Å². The minimum absolute atomic E-state index is 0.0672. The number of hydrogen-bond acceptors (Lipinski definition) is 4. The molecule has 122 valence electrons. The van der Waals surface area contributed by atoms with Crippen molar-refractivity contribution in [3.8, 4) is 0 Å². The molecule has 0 saturated heterocycles. The Hall–Kier alpha value is -1.95. The number of carbonyl (C=O) groups is 1. The maximum atomic E-state index is 12.8. The lowest BCUT2D eigenvalue weighted by molar-refractivity contribution is -0.169. The van der Waals surface area contributed by atoms with E-state index in [-0.39, 0.29) is 17.4 Å². The molecule has 0 unspecified atom stereocenters. The molecule has 2 fully saturated rings. The fourth-order valence-electron chi connectivity index (χ4n) is 4.13. The van der Waals surface area contributed by atoms with Crippen molar-refractivity contribution in [1.29, 1.82) is 0 Å². The Labute approximate surface area is 135 Å². The first-order chi connectivity index (χ1) is 11.2. The van der Waals surface area contributed by atoms with Gasteiger partial charge in [0.2, 0.25) is 0 Å². The van der Waals surface area contributed by atoms with E-state index in [1.165, 1.54) is 6.42 Å². The van der Waals surface area contributed by atoms with Crippen molar-refractivity contribution in [2.75, 3.05) is 6.61 Å². The number of ether oxygens (including phenoxy) is 1. The normalized spacial score (nSPS) is 25.1. The predicted molar refractivity (Wildman–Crippen MR) is 85.3 cm³/mol. The fraction of sp³-hybridized carbons (Fsp3) is 0.588. The second kappa shape index (κ2) is 5.30. The fourth-order valence-corrected chi connectivity index (χ4v) is 4.13. The Morgan fingerprint density at radius 1 is 1.52 bits per heavy atom. The quantitative estimate of drug-likeness (QED) is 0.938. The summed E-state index contributed by atoms with van der Waals surface area (Å²) in [5, 5.41) is 7.59. The van der Waals surface area contributed by atoms with Crippen molar-refractivity contribution < 1.29 is 9.53 Å².